The lowest BCUT2D eigenvalue weighted by atomic mass is 10.1. The molecule has 1 aliphatic rings. The molecule has 17 heavy (non-hydrogen) atoms. The Balaban J connectivity index is 2.28. The molecule has 1 heterocycles. The third kappa shape index (κ3) is 2.75. The summed E-state index contributed by atoms with van der Waals surface area (Å²) in [5.74, 6) is -0.375. The van der Waals surface area contributed by atoms with Crippen LogP contribution in [0.15, 0.2) is 18.2 Å². The molecule has 1 atom stereocenters. The minimum atomic E-state index is -0.559. The molecule has 1 aromatic rings. The van der Waals surface area contributed by atoms with Gasteiger partial charge in [-0.15, -0.1) is 0 Å². The van der Waals surface area contributed by atoms with Crippen molar-refractivity contribution >= 4 is 11.6 Å². The van der Waals surface area contributed by atoms with E-state index in [1.807, 2.05) is 4.90 Å². The molecule has 1 aliphatic heterocycles. The van der Waals surface area contributed by atoms with Crippen LogP contribution in [-0.4, -0.2) is 31.1 Å². The topological polar surface area (TPSA) is 39.1 Å². The minimum absolute atomic E-state index is 0.363. The Labute approximate surface area is 105 Å². The van der Waals surface area contributed by atoms with E-state index in [0.717, 1.165) is 26.2 Å². The van der Waals surface area contributed by atoms with Gasteiger partial charge in [-0.05, 0) is 18.2 Å². The fourth-order valence-corrected chi connectivity index (χ4v) is 2.19. The van der Waals surface area contributed by atoms with E-state index >= 15 is 0 Å². The first-order valence-corrected chi connectivity index (χ1v) is 5.89. The van der Waals surface area contributed by atoms with Gasteiger partial charge in [0.1, 0.15) is 11.9 Å². The van der Waals surface area contributed by atoms with Gasteiger partial charge in [0.2, 0.25) is 0 Å². The van der Waals surface area contributed by atoms with Gasteiger partial charge in [0.15, 0.2) is 0 Å². The highest BCUT2D eigenvalue weighted by Gasteiger charge is 2.24. The first-order chi connectivity index (χ1) is 8.22. The molecule has 0 saturated carbocycles. The van der Waals surface area contributed by atoms with Crippen molar-refractivity contribution in [1.82, 2.24) is 10.2 Å². The van der Waals surface area contributed by atoms with Gasteiger partial charge in [-0.3, -0.25) is 4.90 Å². The van der Waals surface area contributed by atoms with Crippen LogP contribution >= 0.6 is 11.6 Å². The van der Waals surface area contributed by atoms with Gasteiger partial charge in [0, 0.05) is 36.8 Å². The Morgan fingerprint density at radius 1 is 1.41 bits per heavy atom. The average Bonchev–Trinajstić information content (AvgIpc) is 2.36. The summed E-state index contributed by atoms with van der Waals surface area (Å²) in [6.07, 6.45) is 0. The van der Waals surface area contributed by atoms with Crippen molar-refractivity contribution in [2.24, 2.45) is 0 Å². The van der Waals surface area contributed by atoms with Crippen molar-refractivity contribution in [2.45, 2.75) is 6.04 Å². The highest BCUT2D eigenvalue weighted by molar-refractivity contribution is 6.30. The lowest BCUT2D eigenvalue weighted by Crippen LogP contribution is -2.45. The summed E-state index contributed by atoms with van der Waals surface area (Å²) in [5.41, 5.74) is 0.363. The lowest BCUT2D eigenvalue weighted by molar-refractivity contribution is 0.204. The SMILES string of the molecule is N#CC(c1cc(Cl)ccc1F)N1CCNCC1. The van der Waals surface area contributed by atoms with Crippen molar-refractivity contribution < 1.29 is 4.39 Å². The summed E-state index contributed by atoms with van der Waals surface area (Å²) >= 11 is 5.85. The Hall–Kier alpha value is -1.15. The molecule has 1 aromatic carbocycles. The third-order valence-electron chi connectivity index (χ3n) is 2.89. The molecule has 1 N–H and O–H groups in total. The van der Waals surface area contributed by atoms with Crippen LogP contribution in [0.4, 0.5) is 4.39 Å². The summed E-state index contributed by atoms with van der Waals surface area (Å²) in [6.45, 7) is 3.12. The normalized spacial score (nSPS) is 18.6. The van der Waals surface area contributed by atoms with Crippen LogP contribution in [0, 0.1) is 17.1 Å². The van der Waals surface area contributed by atoms with Crippen molar-refractivity contribution in [3.05, 3.63) is 34.6 Å². The fourth-order valence-electron chi connectivity index (χ4n) is 2.01. The number of hydrogen-bond acceptors (Lipinski definition) is 3. The van der Waals surface area contributed by atoms with Gasteiger partial charge in [-0.1, -0.05) is 11.6 Å². The Bertz CT molecular complexity index is 438. The Kier molecular flexibility index (Phi) is 3.95. The van der Waals surface area contributed by atoms with Gasteiger partial charge in [0.25, 0.3) is 0 Å². The predicted molar refractivity (Wildman–Crippen MR) is 64.2 cm³/mol. The van der Waals surface area contributed by atoms with Crippen LogP contribution in [0.1, 0.15) is 11.6 Å². The number of piperazine rings is 1. The van der Waals surface area contributed by atoms with E-state index in [-0.39, 0.29) is 5.82 Å². The van der Waals surface area contributed by atoms with Gasteiger partial charge in [0.05, 0.1) is 6.07 Å². The van der Waals surface area contributed by atoms with Crippen LogP contribution in [0.3, 0.4) is 0 Å². The maximum absolute atomic E-state index is 13.7. The second kappa shape index (κ2) is 5.46. The quantitative estimate of drug-likeness (QED) is 0.876. The zero-order chi connectivity index (χ0) is 12.3. The molecule has 1 fully saturated rings. The molecular formula is C12H13ClFN3. The van der Waals surface area contributed by atoms with E-state index in [4.69, 9.17) is 11.6 Å². The first kappa shape index (κ1) is 12.3. The Morgan fingerprint density at radius 2 is 2.12 bits per heavy atom. The third-order valence-corrected chi connectivity index (χ3v) is 3.13. The first-order valence-electron chi connectivity index (χ1n) is 5.51. The lowest BCUT2D eigenvalue weighted by Gasteiger charge is -2.31. The van der Waals surface area contributed by atoms with Crippen molar-refractivity contribution in [1.29, 1.82) is 5.26 Å². The van der Waals surface area contributed by atoms with E-state index in [1.165, 1.54) is 18.2 Å². The molecule has 90 valence electrons. The molecule has 0 amide bonds. The number of nitrogens with zero attached hydrogens (tertiary/aromatic N) is 2. The number of nitrogens with one attached hydrogen (secondary N) is 1. The van der Waals surface area contributed by atoms with Crippen molar-refractivity contribution in [3.8, 4) is 6.07 Å². The molecule has 0 aliphatic carbocycles. The van der Waals surface area contributed by atoms with E-state index in [1.54, 1.807) is 0 Å². The molecular weight excluding hydrogens is 241 g/mol. The molecule has 1 saturated heterocycles. The van der Waals surface area contributed by atoms with Crippen molar-refractivity contribution in [3.63, 3.8) is 0 Å². The molecule has 2 rings (SSSR count). The standard InChI is InChI=1S/C12H13ClFN3/c13-9-1-2-11(14)10(7-9)12(8-15)17-5-3-16-4-6-17/h1-2,7,12,16H,3-6H2. The van der Waals surface area contributed by atoms with E-state index < -0.39 is 6.04 Å². The fraction of sp³-hybridized carbons (Fsp3) is 0.417. The highest BCUT2D eigenvalue weighted by Crippen LogP contribution is 2.25. The van der Waals surface area contributed by atoms with E-state index in [2.05, 4.69) is 11.4 Å². The molecule has 0 spiro atoms. The number of halogens is 2. The van der Waals surface area contributed by atoms with Gasteiger partial charge < -0.3 is 5.32 Å². The maximum Gasteiger partial charge on any atom is 0.129 e. The van der Waals surface area contributed by atoms with Crippen LogP contribution in [-0.2, 0) is 0 Å². The largest absolute Gasteiger partial charge is 0.314 e. The number of rotatable bonds is 2. The van der Waals surface area contributed by atoms with Crippen LogP contribution in [0.25, 0.3) is 0 Å². The maximum atomic E-state index is 13.7. The summed E-state index contributed by atoms with van der Waals surface area (Å²) in [4.78, 5) is 1.96. The van der Waals surface area contributed by atoms with Crippen molar-refractivity contribution in [2.75, 3.05) is 26.2 Å². The second-order valence-electron chi connectivity index (χ2n) is 3.98. The Morgan fingerprint density at radius 3 is 2.76 bits per heavy atom. The molecule has 1 unspecified atom stereocenters. The molecule has 0 radical (unpaired) electrons. The summed E-state index contributed by atoms with van der Waals surface area (Å²) in [6, 6.07) is 5.93. The number of hydrogen-bond donors (Lipinski definition) is 1. The summed E-state index contributed by atoms with van der Waals surface area (Å²) in [7, 11) is 0. The van der Waals surface area contributed by atoms with Crippen LogP contribution in [0.5, 0.6) is 0 Å². The van der Waals surface area contributed by atoms with Gasteiger partial charge >= 0.3 is 0 Å². The van der Waals surface area contributed by atoms with Crippen LogP contribution in [0.2, 0.25) is 5.02 Å². The minimum Gasteiger partial charge on any atom is -0.314 e. The second-order valence-corrected chi connectivity index (χ2v) is 4.42. The molecule has 0 aromatic heterocycles. The zero-order valence-electron chi connectivity index (χ0n) is 9.29. The monoisotopic (exact) mass is 253 g/mol. The number of nitriles is 1. The molecule has 0 bridgehead atoms. The zero-order valence-corrected chi connectivity index (χ0v) is 10.0. The highest BCUT2D eigenvalue weighted by atomic mass is 35.5. The van der Waals surface area contributed by atoms with E-state index in [0.29, 0.717) is 10.6 Å². The van der Waals surface area contributed by atoms with E-state index in [9.17, 15) is 9.65 Å². The molecule has 5 heteroatoms. The van der Waals surface area contributed by atoms with Crippen LogP contribution < -0.4 is 5.32 Å². The smallest absolute Gasteiger partial charge is 0.129 e. The summed E-state index contributed by atoms with van der Waals surface area (Å²) < 4.78 is 13.7. The number of benzene rings is 1. The average molecular weight is 254 g/mol. The predicted octanol–water partition coefficient (Wildman–Crippen LogP) is 1.95. The summed E-state index contributed by atoms with van der Waals surface area (Å²) in [5, 5.41) is 12.9. The van der Waals surface area contributed by atoms with Gasteiger partial charge in [-0.2, -0.15) is 5.26 Å². The molecule has 3 nitrogen and oxygen atoms in total. The van der Waals surface area contributed by atoms with Gasteiger partial charge in [-0.25, -0.2) is 4.39 Å².